The van der Waals surface area contributed by atoms with Crippen molar-refractivity contribution in [3.63, 3.8) is 0 Å². The maximum atomic E-state index is 4.27. The molecular weight excluding hydrogens is 172 g/mol. The summed E-state index contributed by atoms with van der Waals surface area (Å²) in [5.74, 6) is 0. The number of rotatable bonds is 1. The van der Waals surface area contributed by atoms with Gasteiger partial charge in [0.25, 0.3) is 0 Å². The van der Waals surface area contributed by atoms with Gasteiger partial charge < -0.3 is 5.32 Å². The number of hydrogen-bond donors (Lipinski definition) is 1. The third kappa shape index (κ3) is 1.84. The lowest BCUT2D eigenvalue weighted by molar-refractivity contribution is 0.764. The predicted octanol–water partition coefficient (Wildman–Crippen LogP) is 2.28. The highest BCUT2D eigenvalue weighted by molar-refractivity contribution is 5.74. The number of pyridine rings is 1. The first-order valence-electron chi connectivity index (χ1n) is 4.83. The molecule has 1 aromatic heterocycles. The lowest BCUT2D eigenvalue weighted by Gasteiger charge is -2.14. The van der Waals surface area contributed by atoms with Gasteiger partial charge in [0.2, 0.25) is 0 Å². The molecule has 1 aromatic rings. The molecule has 1 N–H and O–H groups in total. The Morgan fingerprint density at radius 1 is 1.36 bits per heavy atom. The van der Waals surface area contributed by atoms with E-state index < -0.39 is 0 Å². The van der Waals surface area contributed by atoms with Crippen LogP contribution in [0.15, 0.2) is 36.7 Å². The van der Waals surface area contributed by atoms with E-state index in [9.17, 15) is 0 Å². The van der Waals surface area contributed by atoms with Crippen LogP contribution in [0.4, 0.5) is 0 Å². The van der Waals surface area contributed by atoms with E-state index in [4.69, 9.17) is 0 Å². The summed E-state index contributed by atoms with van der Waals surface area (Å²) in [6.07, 6.45) is 8.23. The van der Waals surface area contributed by atoms with Gasteiger partial charge in [0.15, 0.2) is 0 Å². The molecule has 2 rings (SSSR count). The molecule has 2 heteroatoms. The molecule has 1 unspecified atom stereocenters. The highest BCUT2D eigenvalue weighted by atomic mass is 14.9. The zero-order valence-corrected chi connectivity index (χ0v) is 8.49. The Hall–Kier alpha value is -1.57. The summed E-state index contributed by atoms with van der Waals surface area (Å²) in [4.78, 5) is 4.27. The number of nitrogens with zero attached hydrogens (tertiary/aromatic N) is 1. The zero-order valence-electron chi connectivity index (χ0n) is 8.49. The van der Waals surface area contributed by atoms with E-state index in [1.54, 1.807) is 0 Å². The first-order chi connectivity index (χ1) is 6.75. The van der Waals surface area contributed by atoms with Crippen LogP contribution in [0.25, 0.3) is 5.57 Å². The first-order valence-corrected chi connectivity index (χ1v) is 4.83. The molecule has 2 nitrogen and oxygen atoms in total. The molecule has 0 saturated heterocycles. The highest BCUT2D eigenvalue weighted by Gasteiger charge is 2.04. The second kappa shape index (κ2) is 3.66. The van der Waals surface area contributed by atoms with E-state index in [2.05, 4.69) is 35.4 Å². The average molecular weight is 186 g/mol. The van der Waals surface area contributed by atoms with E-state index >= 15 is 0 Å². The van der Waals surface area contributed by atoms with Crippen molar-refractivity contribution in [2.45, 2.75) is 19.9 Å². The summed E-state index contributed by atoms with van der Waals surface area (Å²) in [6.45, 7) is 4.12. The number of hydrogen-bond acceptors (Lipinski definition) is 2. The molecule has 0 aliphatic carbocycles. The van der Waals surface area contributed by atoms with Gasteiger partial charge in [-0.25, -0.2) is 0 Å². The van der Waals surface area contributed by atoms with E-state index in [1.807, 2.05) is 25.4 Å². The molecule has 72 valence electrons. The van der Waals surface area contributed by atoms with Crippen molar-refractivity contribution in [3.8, 4) is 0 Å². The third-order valence-corrected chi connectivity index (χ3v) is 2.31. The number of nitrogens with one attached hydrogen (secondary N) is 1. The molecule has 1 aliphatic rings. The molecule has 0 bridgehead atoms. The fourth-order valence-corrected chi connectivity index (χ4v) is 1.39. The maximum absolute atomic E-state index is 4.27. The van der Waals surface area contributed by atoms with Crippen LogP contribution in [0.2, 0.25) is 0 Å². The maximum Gasteiger partial charge on any atom is 0.0414 e. The van der Waals surface area contributed by atoms with E-state index in [0.29, 0.717) is 6.04 Å². The second-order valence-electron chi connectivity index (χ2n) is 3.60. The van der Waals surface area contributed by atoms with Crippen LogP contribution in [0.1, 0.15) is 18.2 Å². The van der Waals surface area contributed by atoms with Gasteiger partial charge in [-0.3, -0.25) is 4.98 Å². The Morgan fingerprint density at radius 3 is 2.79 bits per heavy atom. The van der Waals surface area contributed by atoms with Crippen molar-refractivity contribution >= 4 is 5.57 Å². The van der Waals surface area contributed by atoms with Crippen LogP contribution in [0.5, 0.6) is 0 Å². The Morgan fingerprint density at radius 2 is 2.21 bits per heavy atom. The quantitative estimate of drug-likeness (QED) is 0.727. The topological polar surface area (TPSA) is 24.9 Å². The molecule has 0 aromatic carbocycles. The highest BCUT2D eigenvalue weighted by Crippen LogP contribution is 2.17. The molecule has 0 amide bonds. The van der Waals surface area contributed by atoms with Gasteiger partial charge in [0.05, 0.1) is 0 Å². The van der Waals surface area contributed by atoms with Crippen molar-refractivity contribution < 1.29 is 0 Å². The smallest absolute Gasteiger partial charge is 0.0414 e. The summed E-state index contributed by atoms with van der Waals surface area (Å²) in [5, 5.41) is 3.27. The fraction of sp³-hybridized carbons (Fsp3) is 0.250. The zero-order chi connectivity index (χ0) is 9.97. The normalized spacial score (nSPS) is 20.1. The van der Waals surface area contributed by atoms with Gasteiger partial charge in [-0.1, -0.05) is 18.2 Å². The Bertz CT molecular complexity index is 374. The lowest BCUT2D eigenvalue weighted by atomic mass is 10.1. The van der Waals surface area contributed by atoms with Crippen LogP contribution >= 0.6 is 0 Å². The summed E-state index contributed by atoms with van der Waals surface area (Å²) < 4.78 is 0. The van der Waals surface area contributed by atoms with E-state index in [1.165, 1.54) is 5.57 Å². The van der Waals surface area contributed by atoms with Crippen molar-refractivity contribution in [1.82, 2.24) is 10.3 Å². The molecular formula is C12H14N2. The standard InChI is InChI=1S/C12H14N2/c1-9-3-5-11(7-13-9)12-6-4-10(2)14-8-12/h3-9,13H,1-2H3. The molecule has 1 aliphatic heterocycles. The summed E-state index contributed by atoms with van der Waals surface area (Å²) in [7, 11) is 0. The van der Waals surface area contributed by atoms with Crippen molar-refractivity contribution in [3.05, 3.63) is 47.9 Å². The number of aryl methyl sites for hydroxylation is 1. The van der Waals surface area contributed by atoms with Gasteiger partial charge in [-0.2, -0.15) is 0 Å². The van der Waals surface area contributed by atoms with Crippen LogP contribution in [0, 0.1) is 6.92 Å². The van der Waals surface area contributed by atoms with Crippen LogP contribution in [-0.4, -0.2) is 11.0 Å². The predicted molar refractivity (Wildman–Crippen MR) is 58.7 cm³/mol. The Labute approximate surface area is 84.4 Å². The van der Waals surface area contributed by atoms with Gasteiger partial charge >= 0.3 is 0 Å². The number of aromatic nitrogens is 1. The largest absolute Gasteiger partial charge is 0.384 e. The van der Waals surface area contributed by atoms with Gasteiger partial charge in [-0.15, -0.1) is 0 Å². The summed E-state index contributed by atoms with van der Waals surface area (Å²) in [5.41, 5.74) is 3.40. The summed E-state index contributed by atoms with van der Waals surface area (Å²) >= 11 is 0. The van der Waals surface area contributed by atoms with Crippen LogP contribution in [0.3, 0.4) is 0 Å². The molecule has 14 heavy (non-hydrogen) atoms. The molecule has 0 saturated carbocycles. The van der Waals surface area contributed by atoms with Crippen molar-refractivity contribution in [1.29, 1.82) is 0 Å². The minimum Gasteiger partial charge on any atom is -0.384 e. The lowest BCUT2D eigenvalue weighted by Crippen LogP contribution is -2.20. The molecule has 1 atom stereocenters. The molecule has 0 spiro atoms. The van der Waals surface area contributed by atoms with Crippen LogP contribution in [-0.2, 0) is 0 Å². The fourth-order valence-electron chi connectivity index (χ4n) is 1.39. The SMILES string of the molecule is Cc1ccc(C2=CNC(C)C=C2)cn1. The molecule has 0 fully saturated rings. The van der Waals surface area contributed by atoms with Crippen LogP contribution < -0.4 is 5.32 Å². The van der Waals surface area contributed by atoms with E-state index in [0.717, 1.165) is 11.3 Å². The minimum atomic E-state index is 0.428. The van der Waals surface area contributed by atoms with Gasteiger partial charge in [0.1, 0.15) is 0 Å². The number of allylic oxidation sites excluding steroid dienone is 2. The van der Waals surface area contributed by atoms with Gasteiger partial charge in [0, 0.05) is 29.7 Å². The molecule has 0 radical (unpaired) electrons. The van der Waals surface area contributed by atoms with Crippen molar-refractivity contribution in [2.75, 3.05) is 0 Å². The second-order valence-corrected chi connectivity index (χ2v) is 3.60. The third-order valence-electron chi connectivity index (χ3n) is 2.31. The van der Waals surface area contributed by atoms with Crippen molar-refractivity contribution in [2.24, 2.45) is 0 Å². The van der Waals surface area contributed by atoms with Gasteiger partial charge in [-0.05, 0) is 25.5 Å². The monoisotopic (exact) mass is 186 g/mol. The Kier molecular flexibility index (Phi) is 2.35. The van der Waals surface area contributed by atoms with E-state index in [-0.39, 0.29) is 0 Å². The minimum absolute atomic E-state index is 0.428. The molecule has 2 heterocycles. The summed E-state index contributed by atoms with van der Waals surface area (Å²) in [6, 6.07) is 4.55. The Balaban J connectivity index is 2.24. The first kappa shape index (κ1) is 9.00. The average Bonchev–Trinajstić information content (AvgIpc) is 2.21. The number of dihydropyridines is 1.